The molecule has 0 saturated carbocycles. The molecule has 0 aromatic heterocycles. The normalized spacial score (nSPS) is 12.7. The third-order valence-electron chi connectivity index (χ3n) is 18.0. The van der Waals surface area contributed by atoms with E-state index in [0.717, 1.165) is 18.5 Å². The van der Waals surface area contributed by atoms with Crippen LogP contribution in [0.1, 0.15) is 137 Å². The molecular weight excluding hydrogens is 953 g/mol. The molecule has 0 amide bonds. The highest BCUT2D eigenvalue weighted by molar-refractivity contribution is 6.34. The SMILES string of the molecule is CCCCCCCCC1(CCCCCCCC)c2cc(N(c3ccc(C)cc3)c3ccc(C)cc3)ccc2-c2ccc(N(c3ccc(C)cc3)c3ccc(-c4ccc5c6cccc7c(C)ccc(c8cccc4c85)c76)cc3)cc21. The summed E-state index contributed by atoms with van der Waals surface area (Å²) in [6.07, 6.45) is 17.7. The number of hydrogen-bond acceptors (Lipinski definition) is 2. The molecule has 0 saturated heterocycles. The molecule has 1 aliphatic rings. The maximum absolute atomic E-state index is 2.63. The summed E-state index contributed by atoms with van der Waals surface area (Å²) in [6, 6.07) is 75.0. The first-order valence-corrected chi connectivity index (χ1v) is 30.0. The number of anilines is 6. The fourth-order valence-electron chi connectivity index (χ4n) is 13.7. The van der Waals surface area contributed by atoms with Crippen molar-refractivity contribution in [3.8, 4) is 22.3 Å². The molecule has 0 aliphatic heterocycles. The molecule has 2 nitrogen and oxygen atoms in total. The van der Waals surface area contributed by atoms with Crippen molar-refractivity contribution in [2.75, 3.05) is 9.80 Å². The number of rotatable bonds is 21. The summed E-state index contributed by atoms with van der Waals surface area (Å²) in [5.41, 5.74) is 20.4. The Morgan fingerprint density at radius 2 is 0.658 bits per heavy atom. The van der Waals surface area contributed by atoms with Gasteiger partial charge in [-0.15, -0.1) is 0 Å². The minimum Gasteiger partial charge on any atom is -0.310 e. The Balaban J connectivity index is 0.983. The van der Waals surface area contributed by atoms with Crippen LogP contribution >= 0.6 is 0 Å². The lowest BCUT2D eigenvalue weighted by Crippen LogP contribution is -2.26. The van der Waals surface area contributed by atoms with E-state index in [1.165, 1.54) is 204 Å². The van der Waals surface area contributed by atoms with Crippen LogP contribution in [-0.4, -0.2) is 0 Å². The van der Waals surface area contributed by atoms with Gasteiger partial charge < -0.3 is 9.80 Å². The second-order valence-corrected chi connectivity index (χ2v) is 23.3. The van der Waals surface area contributed by atoms with Gasteiger partial charge in [-0.3, -0.25) is 0 Å². The Labute approximate surface area is 471 Å². The lowest BCUT2D eigenvalue weighted by atomic mass is 9.70. The van der Waals surface area contributed by atoms with E-state index in [2.05, 4.69) is 245 Å². The molecule has 1 aliphatic carbocycles. The van der Waals surface area contributed by atoms with Crippen molar-refractivity contribution in [2.24, 2.45) is 0 Å². The number of aryl methyl sites for hydroxylation is 4. The Kier molecular flexibility index (Phi) is 14.9. The van der Waals surface area contributed by atoms with Gasteiger partial charge in [0.25, 0.3) is 0 Å². The molecule has 0 unspecified atom stereocenters. The molecule has 396 valence electrons. The van der Waals surface area contributed by atoms with Gasteiger partial charge in [0.1, 0.15) is 0 Å². The van der Waals surface area contributed by atoms with Crippen molar-refractivity contribution in [1.82, 2.24) is 0 Å². The Morgan fingerprint density at radius 1 is 0.304 bits per heavy atom. The summed E-state index contributed by atoms with van der Waals surface area (Å²) in [5, 5.41) is 10.7. The average Bonchev–Trinajstić information content (AvgIpc) is 3.97. The fourth-order valence-corrected chi connectivity index (χ4v) is 13.7. The summed E-state index contributed by atoms with van der Waals surface area (Å²) in [5.74, 6) is 0. The standard InChI is InChI=1S/C77H78N2/c1-7-9-11-13-15-17-49-77(50-18-16-14-12-10-8-2)73-51-62(78(58-34-25-53(3)26-35-58)59-36-27-54(4)28-37-59)42-45-66(73)67-46-43-63(52-74(67)77)79(60-38-29-55(5)30-39-60)61-40-32-57(33-41-61)65-47-48-72-69-23-19-21-64-56(6)31-44-71(75(64)69)70-24-20-22-68(65)76(70)72/h19-48,51-52H,7-18,49-50H2,1-6H3. The third-order valence-corrected chi connectivity index (χ3v) is 18.0. The second-order valence-electron chi connectivity index (χ2n) is 23.3. The minimum atomic E-state index is -0.138. The number of nitrogens with zero attached hydrogens (tertiary/aromatic N) is 2. The Morgan fingerprint density at radius 3 is 1.13 bits per heavy atom. The smallest absolute Gasteiger partial charge is 0.0465 e. The van der Waals surface area contributed by atoms with Crippen LogP contribution in [0.5, 0.6) is 0 Å². The van der Waals surface area contributed by atoms with Crippen molar-refractivity contribution < 1.29 is 0 Å². The predicted molar refractivity (Wildman–Crippen MR) is 344 cm³/mol. The van der Waals surface area contributed by atoms with Crippen LogP contribution in [-0.2, 0) is 5.41 Å². The number of unbranched alkanes of at least 4 members (excludes halogenated alkanes) is 10. The number of fused-ring (bicyclic) bond motifs is 5. The molecule has 0 heterocycles. The summed E-state index contributed by atoms with van der Waals surface area (Å²) in [4.78, 5) is 5.01. The van der Waals surface area contributed by atoms with Crippen molar-refractivity contribution >= 4 is 77.2 Å². The molecule has 11 aromatic rings. The molecule has 0 N–H and O–H groups in total. The highest BCUT2D eigenvalue weighted by atomic mass is 15.1. The van der Waals surface area contributed by atoms with Crippen LogP contribution in [0.4, 0.5) is 34.1 Å². The Bertz CT molecular complexity index is 3820. The highest BCUT2D eigenvalue weighted by Gasteiger charge is 2.43. The zero-order chi connectivity index (χ0) is 54.0. The summed E-state index contributed by atoms with van der Waals surface area (Å²) < 4.78 is 0. The zero-order valence-electron chi connectivity index (χ0n) is 47.8. The van der Waals surface area contributed by atoms with E-state index < -0.39 is 0 Å². The van der Waals surface area contributed by atoms with Gasteiger partial charge >= 0.3 is 0 Å². The minimum absolute atomic E-state index is 0.138. The third kappa shape index (κ3) is 9.87. The topological polar surface area (TPSA) is 6.48 Å². The average molecular weight is 1030 g/mol. The van der Waals surface area contributed by atoms with Crippen LogP contribution in [0.2, 0.25) is 0 Å². The molecule has 0 radical (unpaired) electrons. The van der Waals surface area contributed by atoms with Crippen LogP contribution in [0.3, 0.4) is 0 Å². The van der Waals surface area contributed by atoms with E-state index in [1.54, 1.807) is 0 Å². The van der Waals surface area contributed by atoms with Gasteiger partial charge in [-0.25, -0.2) is 0 Å². The van der Waals surface area contributed by atoms with Gasteiger partial charge in [-0.2, -0.15) is 0 Å². The predicted octanol–water partition coefficient (Wildman–Crippen LogP) is 23.3. The molecule has 0 fully saturated rings. The summed E-state index contributed by atoms with van der Waals surface area (Å²) in [6.45, 7) is 13.5. The summed E-state index contributed by atoms with van der Waals surface area (Å²) >= 11 is 0. The molecule has 2 heteroatoms. The van der Waals surface area contributed by atoms with E-state index in [1.807, 2.05) is 0 Å². The van der Waals surface area contributed by atoms with Crippen molar-refractivity contribution in [1.29, 1.82) is 0 Å². The van der Waals surface area contributed by atoms with Crippen LogP contribution in [0.25, 0.3) is 65.3 Å². The number of hydrogen-bond donors (Lipinski definition) is 0. The van der Waals surface area contributed by atoms with Gasteiger partial charge in [0, 0.05) is 39.5 Å². The van der Waals surface area contributed by atoms with E-state index in [-0.39, 0.29) is 5.41 Å². The van der Waals surface area contributed by atoms with Crippen molar-refractivity contribution in [3.63, 3.8) is 0 Å². The van der Waals surface area contributed by atoms with Crippen molar-refractivity contribution in [3.05, 3.63) is 228 Å². The molecule has 11 aromatic carbocycles. The second kappa shape index (κ2) is 22.6. The monoisotopic (exact) mass is 1030 g/mol. The maximum atomic E-state index is 2.63. The first-order chi connectivity index (χ1) is 38.7. The first-order valence-electron chi connectivity index (χ1n) is 30.0. The largest absolute Gasteiger partial charge is 0.310 e. The molecular formula is C77H78N2. The molecule has 12 rings (SSSR count). The quantitative estimate of drug-likeness (QED) is 0.0402. The lowest BCUT2D eigenvalue weighted by molar-refractivity contribution is 0.398. The fraction of sp³-hybridized carbons (Fsp3) is 0.273. The first kappa shape index (κ1) is 52.0. The van der Waals surface area contributed by atoms with E-state index in [0.29, 0.717) is 0 Å². The number of benzene rings is 11. The molecule has 0 atom stereocenters. The van der Waals surface area contributed by atoms with Crippen LogP contribution in [0.15, 0.2) is 194 Å². The van der Waals surface area contributed by atoms with Crippen molar-refractivity contribution in [2.45, 2.75) is 137 Å². The van der Waals surface area contributed by atoms with E-state index in [4.69, 9.17) is 0 Å². The summed E-state index contributed by atoms with van der Waals surface area (Å²) in [7, 11) is 0. The molecule has 79 heavy (non-hydrogen) atoms. The highest BCUT2D eigenvalue weighted by Crippen LogP contribution is 2.57. The molecule has 0 spiro atoms. The maximum Gasteiger partial charge on any atom is 0.0465 e. The Hall–Kier alpha value is -7.68. The lowest BCUT2D eigenvalue weighted by Gasteiger charge is -2.35. The van der Waals surface area contributed by atoms with E-state index >= 15 is 0 Å². The van der Waals surface area contributed by atoms with Gasteiger partial charge in [-0.1, -0.05) is 229 Å². The van der Waals surface area contributed by atoms with Crippen LogP contribution in [0, 0.1) is 27.7 Å². The van der Waals surface area contributed by atoms with Gasteiger partial charge in [-0.05, 0) is 195 Å². The molecule has 0 bridgehead atoms. The zero-order valence-corrected chi connectivity index (χ0v) is 47.8. The van der Waals surface area contributed by atoms with Crippen LogP contribution < -0.4 is 9.80 Å². The van der Waals surface area contributed by atoms with Gasteiger partial charge in [0.05, 0.1) is 0 Å². The van der Waals surface area contributed by atoms with E-state index in [9.17, 15) is 0 Å². The van der Waals surface area contributed by atoms with Gasteiger partial charge in [0.15, 0.2) is 0 Å². The van der Waals surface area contributed by atoms with Gasteiger partial charge in [0.2, 0.25) is 0 Å².